The summed E-state index contributed by atoms with van der Waals surface area (Å²) in [6.07, 6.45) is 0. The second kappa shape index (κ2) is 7.15. The van der Waals surface area contributed by atoms with Crippen LogP contribution in [0.25, 0.3) is 0 Å². The number of aromatic nitrogens is 4. The molecule has 0 aromatic carbocycles. The van der Waals surface area contributed by atoms with Gasteiger partial charge in [0.2, 0.25) is 0 Å². The van der Waals surface area contributed by atoms with Gasteiger partial charge in [-0.05, 0) is 5.21 Å². The minimum absolute atomic E-state index is 0.670. The molecule has 0 atom stereocenters. The smallest absolute Gasteiger partial charge is 0.265 e. The van der Waals surface area contributed by atoms with Crippen LogP contribution in [0.15, 0.2) is 0 Å². The molecule has 4 N–H and O–H groups in total. The van der Waals surface area contributed by atoms with Crippen LogP contribution < -0.4 is 20.9 Å². The zero-order valence-electron chi connectivity index (χ0n) is 9.95. The maximum Gasteiger partial charge on any atom is 0.265 e. The van der Waals surface area contributed by atoms with Crippen LogP contribution in [0.2, 0.25) is 0 Å². The molecule has 1 aromatic heterocycles. The summed E-state index contributed by atoms with van der Waals surface area (Å²) < 4.78 is 0. The molecule has 0 amide bonds. The molecule has 1 aromatic rings. The molecule has 1 fully saturated rings. The van der Waals surface area contributed by atoms with Gasteiger partial charge in [0.1, 0.15) is 0 Å². The third-order valence-electron chi connectivity index (χ3n) is 2.69. The molecule has 2 heterocycles. The molecule has 0 unspecified atom stereocenters. The molecule has 0 aliphatic carbocycles. The highest BCUT2D eigenvalue weighted by Gasteiger charge is 2.10. The summed E-state index contributed by atoms with van der Waals surface area (Å²) in [5, 5.41) is 24.3. The summed E-state index contributed by atoms with van der Waals surface area (Å²) in [6.45, 7) is 7.61. The monoisotopic (exact) mass is 240 g/mol. The lowest BCUT2D eigenvalue weighted by atomic mass is 10.4. The Kier molecular flexibility index (Phi) is 5.14. The fourth-order valence-corrected chi connectivity index (χ4v) is 1.76. The Balaban J connectivity index is 1.84. The zero-order chi connectivity index (χ0) is 11.8. The first kappa shape index (κ1) is 12.2. The van der Waals surface area contributed by atoms with E-state index in [0.29, 0.717) is 5.95 Å². The minimum atomic E-state index is 0.670. The highest BCUT2D eigenvalue weighted by molar-refractivity contribution is 5.25. The molecule has 2 rings (SSSR count). The molecule has 1 saturated heterocycles. The van der Waals surface area contributed by atoms with Crippen molar-refractivity contribution < 1.29 is 0 Å². The molecule has 0 saturated carbocycles. The van der Waals surface area contributed by atoms with E-state index < -0.39 is 0 Å². The molecule has 1 aliphatic rings. The van der Waals surface area contributed by atoms with Crippen LogP contribution in [-0.4, -0.2) is 73.0 Å². The van der Waals surface area contributed by atoms with Crippen molar-refractivity contribution in [2.24, 2.45) is 0 Å². The third kappa shape index (κ3) is 4.25. The lowest BCUT2D eigenvalue weighted by Crippen LogP contribution is -2.42. The van der Waals surface area contributed by atoms with Crippen LogP contribution in [-0.2, 0) is 0 Å². The van der Waals surface area contributed by atoms with Crippen molar-refractivity contribution in [3.05, 3.63) is 0 Å². The molecule has 1 aliphatic heterocycles. The van der Waals surface area contributed by atoms with Crippen LogP contribution in [0, 0.1) is 0 Å². The predicted octanol–water partition coefficient (Wildman–Crippen LogP) is -2.21. The lowest BCUT2D eigenvalue weighted by molar-refractivity contribution is 0.554. The van der Waals surface area contributed by atoms with Crippen LogP contribution in [0.3, 0.4) is 0 Å². The van der Waals surface area contributed by atoms with Gasteiger partial charge >= 0.3 is 0 Å². The summed E-state index contributed by atoms with van der Waals surface area (Å²) in [4.78, 5) is 2.12. The van der Waals surface area contributed by atoms with Crippen molar-refractivity contribution in [1.29, 1.82) is 0 Å². The number of hydrogen-bond donors (Lipinski definition) is 4. The SMILES string of the molecule is C1CNCCN(c2nn[nH]n2)CCNCCN1. The fourth-order valence-electron chi connectivity index (χ4n) is 1.76. The number of nitrogens with one attached hydrogen (secondary N) is 4. The first-order valence-electron chi connectivity index (χ1n) is 6.07. The quantitative estimate of drug-likeness (QED) is 0.442. The van der Waals surface area contributed by atoms with Gasteiger partial charge in [-0.1, -0.05) is 5.10 Å². The molecule has 8 nitrogen and oxygen atoms in total. The average Bonchev–Trinajstić information content (AvgIpc) is 2.83. The van der Waals surface area contributed by atoms with Crippen LogP contribution in [0.1, 0.15) is 0 Å². The zero-order valence-corrected chi connectivity index (χ0v) is 9.95. The Labute approximate surface area is 101 Å². The van der Waals surface area contributed by atoms with Gasteiger partial charge in [-0.3, -0.25) is 0 Å². The van der Waals surface area contributed by atoms with E-state index in [-0.39, 0.29) is 0 Å². The Morgan fingerprint density at radius 3 is 1.94 bits per heavy atom. The minimum Gasteiger partial charge on any atom is -0.336 e. The van der Waals surface area contributed by atoms with E-state index >= 15 is 0 Å². The van der Waals surface area contributed by atoms with Crippen molar-refractivity contribution in [3.63, 3.8) is 0 Å². The number of rotatable bonds is 1. The fraction of sp³-hybridized carbons (Fsp3) is 0.889. The van der Waals surface area contributed by atoms with Crippen molar-refractivity contribution in [2.45, 2.75) is 0 Å². The van der Waals surface area contributed by atoms with Crippen molar-refractivity contribution in [3.8, 4) is 0 Å². The first-order valence-corrected chi connectivity index (χ1v) is 6.07. The molecular weight excluding hydrogens is 220 g/mol. The van der Waals surface area contributed by atoms with Gasteiger partial charge in [-0.2, -0.15) is 5.21 Å². The normalized spacial score (nSPS) is 20.6. The number of tetrazole rings is 1. The van der Waals surface area contributed by atoms with E-state index in [9.17, 15) is 0 Å². The summed E-state index contributed by atoms with van der Waals surface area (Å²) >= 11 is 0. The largest absolute Gasteiger partial charge is 0.336 e. The third-order valence-corrected chi connectivity index (χ3v) is 2.69. The second-order valence-corrected chi connectivity index (χ2v) is 3.95. The summed E-state index contributed by atoms with van der Waals surface area (Å²) in [7, 11) is 0. The molecule has 0 bridgehead atoms. The van der Waals surface area contributed by atoms with E-state index in [1.165, 1.54) is 0 Å². The first-order chi connectivity index (χ1) is 8.47. The van der Waals surface area contributed by atoms with Gasteiger partial charge < -0.3 is 20.9 Å². The van der Waals surface area contributed by atoms with Crippen molar-refractivity contribution in [1.82, 2.24) is 36.6 Å². The van der Waals surface area contributed by atoms with E-state index in [1.807, 2.05) is 0 Å². The highest BCUT2D eigenvalue weighted by Crippen LogP contribution is 2.01. The number of H-pyrrole nitrogens is 1. The van der Waals surface area contributed by atoms with Crippen LogP contribution in [0.4, 0.5) is 5.95 Å². The van der Waals surface area contributed by atoms with Gasteiger partial charge in [-0.25, -0.2) is 0 Å². The summed E-state index contributed by atoms with van der Waals surface area (Å²) in [5.41, 5.74) is 0. The summed E-state index contributed by atoms with van der Waals surface area (Å²) in [5.74, 6) is 0.670. The van der Waals surface area contributed by atoms with E-state index in [2.05, 4.69) is 41.5 Å². The average molecular weight is 240 g/mol. The maximum atomic E-state index is 4.02. The van der Waals surface area contributed by atoms with Gasteiger partial charge in [0, 0.05) is 52.4 Å². The molecule has 96 valence electrons. The van der Waals surface area contributed by atoms with Crippen LogP contribution in [0.5, 0.6) is 0 Å². The summed E-state index contributed by atoms with van der Waals surface area (Å²) in [6, 6.07) is 0. The highest BCUT2D eigenvalue weighted by atomic mass is 15.5. The predicted molar refractivity (Wildman–Crippen MR) is 65.0 cm³/mol. The molecule has 0 spiro atoms. The number of anilines is 1. The van der Waals surface area contributed by atoms with Crippen LogP contribution >= 0.6 is 0 Å². The van der Waals surface area contributed by atoms with Gasteiger partial charge in [0.25, 0.3) is 5.95 Å². The van der Waals surface area contributed by atoms with Gasteiger partial charge in [0.05, 0.1) is 0 Å². The van der Waals surface area contributed by atoms with Gasteiger partial charge in [0.15, 0.2) is 0 Å². The molecule has 17 heavy (non-hydrogen) atoms. The van der Waals surface area contributed by atoms with Crippen molar-refractivity contribution >= 4 is 5.95 Å². The maximum absolute atomic E-state index is 4.02. The molecule has 8 heteroatoms. The lowest BCUT2D eigenvalue weighted by Gasteiger charge is -2.21. The Morgan fingerprint density at radius 2 is 1.41 bits per heavy atom. The topological polar surface area (TPSA) is 93.8 Å². The number of aromatic amines is 1. The van der Waals surface area contributed by atoms with Gasteiger partial charge in [-0.15, -0.1) is 5.10 Å². The Bertz CT molecular complexity index is 275. The Hall–Kier alpha value is -1.25. The standard InChI is InChI=1S/C9H20N8/c1-3-11-5-7-17(9-13-15-16-14-9)8-6-12-4-2-10-1/h10-12H,1-8H2,(H,13,14,15,16). The van der Waals surface area contributed by atoms with E-state index in [4.69, 9.17) is 0 Å². The molecular formula is C9H20N8. The number of nitrogens with zero attached hydrogens (tertiary/aromatic N) is 4. The molecule has 0 radical (unpaired) electrons. The Morgan fingerprint density at radius 1 is 0.824 bits per heavy atom. The second-order valence-electron chi connectivity index (χ2n) is 3.95. The number of hydrogen-bond acceptors (Lipinski definition) is 7. The van der Waals surface area contributed by atoms with Crippen molar-refractivity contribution in [2.75, 3.05) is 57.3 Å². The van der Waals surface area contributed by atoms with E-state index in [1.54, 1.807) is 0 Å². The van der Waals surface area contributed by atoms with E-state index in [0.717, 1.165) is 52.4 Å².